The number of carbonyl (C=O) groups is 1. The molecular formula is C21H19F3N8O2S. The molecule has 5 rings (SSSR count). The molecular weight excluding hydrogens is 485 g/mol. The molecule has 1 fully saturated rings. The number of aliphatic imine (C=N–C) groups is 1. The lowest BCUT2D eigenvalue weighted by atomic mass is 9.77. The molecule has 0 aliphatic carbocycles. The molecule has 35 heavy (non-hydrogen) atoms. The number of amides is 1. The van der Waals surface area contributed by atoms with Crippen molar-refractivity contribution in [3.05, 3.63) is 60.3 Å². The van der Waals surface area contributed by atoms with Gasteiger partial charge in [0.2, 0.25) is 0 Å². The van der Waals surface area contributed by atoms with E-state index in [2.05, 4.69) is 30.4 Å². The molecule has 3 aromatic rings. The Hall–Kier alpha value is -3.52. The number of nitrogens with two attached hydrogens (primary N) is 1. The smallest absolute Gasteiger partial charge is 0.275 e. The Bertz CT molecular complexity index is 1280. The number of benzene rings is 1. The van der Waals surface area contributed by atoms with Gasteiger partial charge in [-0.3, -0.25) is 4.79 Å². The second kappa shape index (κ2) is 8.61. The van der Waals surface area contributed by atoms with E-state index >= 15 is 4.39 Å². The van der Waals surface area contributed by atoms with Crippen LogP contribution in [0.15, 0.2) is 48.2 Å². The zero-order chi connectivity index (χ0) is 24.8. The maximum absolute atomic E-state index is 15.1. The zero-order valence-corrected chi connectivity index (χ0v) is 19.0. The molecule has 0 spiro atoms. The fourth-order valence-electron chi connectivity index (χ4n) is 4.29. The van der Waals surface area contributed by atoms with Gasteiger partial charge in [-0.2, -0.15) is 5.10 Å². The number of halogens is 3. The zero-order valence-electron chi connectivity index (χ0n) is 18.2. The molecule has 182 valence electrons. The van der Waals surface area contributed by atoms with Crippen molar-refractivity contribution in [3.8, 4) is 5.82 Å². The van der Waals surface area contributed by atoms with Gasteiger partial charge in [-0.05, 0) is 18.2 Å². The van der Waals surface area contributed by atoms with Crippen molar-refractivity contribution in [2.24, 2.45) is 16.6 Å². The highest BCUT2D eigenvalue weighted by atomic mass is 32.2. The SMILES string of the molecule is CC(F)(F)C1OCC2(c3cc(NC(=O)c4cnc(-n5cncn5)cn4)ccc3F)N=C(N)SCC12. The van der Waals surface area contributed by atoms with E-state index in [-0.39, 0.29) is 34.5 Å². The first-order chi connectivity index (χ1) is 16.7. The number of thioether (sulfide) groups is 1. The third kappa shape index (κ3) is 4.23. The molecule has 10 nitrogen and oxygen atoms in total. The molecule has 4 heterocycles. The predicted octanol–water partition coefficient (Wildman–Crippen LogP) is 2.38. The Kier molecular flexibility index (Phi) is 5.71. The molecule has 3 N–H and O–H groups in total. The van der Waals surface area contributed by atoms with Gasteiger partial charge in [0.1, 0.15) is 35.8 Å². The van der Waals surface area contributed by atoms with Crippen LogP contribution in [0, 0.1) is 11.7 Å². The van der Waals surface area contributed by atoms with Crippen LogP contribution < -0.4 is 11.1 Å². The Morgan fingerprint density at radius 3 is 2.86 bits per heavy atom. The first-order valence-electron chi connectivity index (χ1n) is 10.4. The quantitative estimate of drug-likeness (QED) is 0.541. The summed E-state index contributed by atoms with van der Waals surface area (Å²) in [6.45, 7) is 0.499. The lowest BCUT2D eigenvalue weighted by Gasteiger charge is -2.37. The summed E-state index contributed by atoms with van der Waals surface area (Å²) in [7, 11) is 0. The van der Waals surface area contributed by atoms with Crippen LogP contribution in [0.5, 0.6) is 0 Å². The summed E-state index contributed by atoms with van der Waals surface area (Å²) in [6.07, 6.45) is 3.92. The Balaban J connectivity index is 1.44. The van der Waals surface area contributed by atoms with Crippen molar-refractivity contribution in [3.63, 3.8) is 0 Å². The summed E-state index contributed by atoms with van der Waals surface area (Å²) in [5.74, 6) is -4.70. The molecule has 3 unspecified atom stereocenters. The van der Waals surface area contributed by atoms with Crippen molar-refractivity contribution >= 4 is 28.5 Å². The predicted molar refractivity (Wildman–Crippen MR) is 121 cm³/mol. The molecule has 1 amide bonds. The number of nitrogens with zero attached hydrogens (tertiary/aromatic N) is 6. The number of anilines is 1. The minimum absolute atomic E-state index is 0.00185. The number of aromatic nitrogens is 5. The number of alkyl halides is 2. The largest absolute Gasteiger partial charge is 0.379 e. The Morgan fingerprint density at radius 2 is 2.17 bits per heavy atom. The second-order valence-electron chi connectivity index (χ2n) is 8.23. The van der Waals surface area contributed by atoms with E-state index < -0.39 is 35.2 Å². The highest BCUT2D eigenvalue weighted by molar-refractivity contribution is 8.13. The monoisotopic (exact) mass is 504 g/mol. The van der Waals surface area contributed by atoms with E-state index in [9.17, 15) is 13.6 Å². The fourth-order valence-corrected chi connectivity index (χ4v) is 5.31. The first kappa shape index (κ1) is 23.2. The molecule has 3 atom stereocenters. The molecule has 2 aliphatic rings. The molecule has 14 heteroatoms. The van der Waals surface area contributed by atoms with Gasteiger partial charge >= 0.3 is 0 Å². The summed E-state index contributed by atoms with van der Waals surface area (Å²) in [5, 5.41) is 6.72. The van der Waals surface area contributed by atoms with Crippen molar-refractivity contribution in [1.82, 2.24) is 24.7 Å². The van der Waals surface area contributed by atoms with Crippen molar-refractivity contribution in [2.45, 2.75) is 24.5 Å². The van der Waals surface area contributed by atoms with E-state index in [1.54, 1.807) is 0 Å². The second-order valence-corrected chi connectivity index (χ2v) is 9.27. The lowest BCUT2D eigenvalue weighted by molar-refractivity contribution is -0.113. The van der Waals surface area contributed by atoms with Gasteiger partial charge in [-0.1, -0.05) is 11.8 Å². The maximum Gasteiger partial charge on any atom is 0.275 e. The summed E-state index contributed by atoms with van der Waals surface area (Å²) in [4.78, 5) is 29.1. The van der Waals surface area contributed by atoms with Crippen molar-refractivity contribution in [1.29, 1.82) is 0 Å². The molecule has 1 saturated heterocycles. The summed E-state index contributed by atoms with van der Waals surface area (Å²) in [5.41, 5.74) is 4.71. The van der Waals surface area contributed by atoms with Gasteiger partial charge in [0, 0.05) is 29.8 Å². The number of amidine groups is 1. The van der Waals surface area contributed by atoms with Crippen molar-refractivity contribution in [2.75, 3.05) is 17.7 Å². The van der Waals surface area contributed by atoms with Crippen LogP contribution in [0.1, 0.15) is 23.0 Å². The van der Waals surface area contributed by atoms with Gasteiger partial charge < -0.3 is 15.8 Å². The highest BCUT2D eigenvalue weighted by Crippen LogP contribution is 2.51. The standard InChI is InChI=1S/C21H19F3N8O2S/c1-20(23,24)17-13-7-35-19(25)31-21(13,8-34-17)12-4-11(2-3-14(12)22)30-18(33)15-5-28-16(6-27-15)32-10-26-9-29-32/h2-6,9-10,13,17H,7-8H2,1H3,(H2,25,31)(H,30,33). The molecule has 1 aromatic carbocycles. The molecule has 0 saturated carbocycles. The summed E-state index contributed by atoms with van der Waals surface area (Å²) < 4.78 is 50.4. The van der Waals surface area contributed by atoms with E-state index in [4.69, 9.17) is 10.5 Å². The first-order valence-corrected chi connectivity index (χ1v) is 11.4. The molecule has 2 aliphatic heterocycles. The molecule has 2 aromatic heterocycles. The molecule has 0 bridgehead atoms. The van der Waals surface area contributed by atoms with Crippen LogP contribution in [0.3, 0.4) is 0 Å². The third-order valence-corrected chi connectivity index (χ3v) is 6.81. The van der Waals surface area contributed by atoms with Gasteiger partial charge in [0.25, 0.3) is 11.8 Å². The van der Waals surface area contributed by atoms with Crippen LogP contribution in [0.25, 0.3) is 5.82 Å². The topological polar surface area (TPSA) is 133 Å². The number of hydrogen-bond acceptors (Lipinski definition) is 9. The average Bonchev–Trinajstić information content (AvgIpc) is 3.48. The minimum atomic E-state index is -3.16. The highest BCUT2D eigenvalue weighted by Gasteiger charge is 2.59. The number of fused-ring (bicyclic) bond motifs is 1. The van der Waals surface area contributed by atoms with Gasteiger partial charge in [0.15, 0.2) is 11.0 Å². The van der Waals surface area contributed by atoms with Crippen LogP contribution >= 0.6 is 11.8 Å². The van der Waals surface area contributed by atoms with Crippen LogP contribution in [-0.4, -0.2) is 60.2 Å². The maximum atomic E-state index is 15.1. The number of nitrogens with one attached hydrogen (secondary N) is 1. The fraction of sp³-hybridized carbons (Fsp3) is 0.333. The van der Waals surface area contributed by atoms with Crippen molar-refractivity contribution < 1.29 is 22.7 Å². The van der Waals surface area contributed by atoms with E-state index in [1.165, 1.54) is 41.9 Å². The number of carbonyl (C=O) groups excluding carboxylic acids is 1. The molecule has 0 radical (unpaired) electrons. The minimum Gasteiger partial charge on any atom is -0.379 e. The Labute approximate surface area is 201 Å². The van der Waals surface area contributed by atoms with E-state index in [1.807, 2.05) is 0 Å². The lowest BCUT2D eigenvalue weighted by Crippen LogP contribution is -2.46. The third-order valence-electron chi connectivity index (χ3n) is 5.90. The number of hydrogen-bond donors (Lipinski definition) is 2. The van der Waals surface area contributed by atoms with Crippen LogP contribution in [0.2, 0.25) is 0 Å². The van der Waals surface area contributed by atoms with Gasteiger partial charge in [0.05, 0.1) is 19.0 Å². The van der Waals surface area contributed by atoms with Gasteiger partial charge in [-0.15, -0.1) is 0 Å². The summed E-state index contributed by atoms with van der Waals surface area (Å²) in [6, 6.07) is 3.86. The number of ether oxygens (including phenoxy) is 1. The van der Waals surface area contributed by atoms with Gasteiger partial charge in [-0.25, -0.2) is 37.8 Å². The normalized spacial score (nSPS) is 24.1. The average molecular weight is 504 g/mol. The Morgan fingerprint density at radius 1 is 1.34 bits per heavy atom. The summed E-state index contributed by atoms with van der Waals surface area (Å²) >= 11 is 1.12. The van der Waals surface area contributed by atoms with E-state index in [0.717, 1.165) is 24.8 Å². The van der Waals surface area contributed by atoms with E-state index in [0.29, 0.717) is 5.82 Å². The number of rotatable bonds is 5. The van der Waals surface area contributed by atoms with Crippen LogP contribution in [0.4, 0.5) is 18.9 Å². The van der Waals surface area contributed by atoms with Crippen LogP contribution in [-0.2, 0) is 10.3 Å².